The molecule has 0 aliphatic heterocycles. The van der Waals surface area contributed by atoms with Crippen LogP contribution in [0.15, 0.2) is 36.4 Å². The van der Waals surface area contributed by atoms with Gasteiger partial charge in [-0.05, 0) is 16.5 Å². The van der Waals surface area contributed by atoms with Gasteiger partial charge >= 0.3 is 0 Å². The van der Waals surface area contributed by atoms with Crippen molar-refractivity contribution in [2.75, 3.05) is 0 Å². The van der Waals surface area contributed by atoms with Crippen LogP contribution in [0.4, 0.5) is 0 Å². The zero-order valence-electron chi connectivity index (χ0n) is 8.46. The first kappa shape index (κ1) is 8.55. The average molecular weight is 171 g/mol. The Balaban J connectivity index is 2.23. The molecule has 1 aliphatic carbocycles. The molecule has 0 N–H and O–H groups in total. The molecular weight excluding hydrogens is 156 g/mol. The SMILES string of the molecule is CC(C)(C)c1ccc([C]2C=C2)cc1. The molecule has 0 spiro atoms. The lowest BCUT2D eigenvalue weighted by molar-refractivity contribution is 0.590. The van der Waals surface area contributed by atoms with Crippen molar-refractivity contribution >= 4 is 0 Å². The lowest BCUT2D eigenvalue weighted by Crippen LogP contribution is -2.10. The molecule has 0 atom stereocenters. The van der Waals surface area contributed by atoms with E-state index in [2.05, 4.69) is 57.2 Å². The number of rotatable bonds is 1. The summed E-state index contributed by atoms with van der Waals surface area (Å²) < 4.78 is 0. The molecule has 2 rings (SSSR count). The molecule has 1 radical (unpaired) electrons. The number of benzene rings is 1. The van der Waals surface area contributed by atoms with E-state index in [0.717, 1.165) is 0 Å². The molecule has 0 bridgehead atoms. The summed E-state index contributed by atoms with van der Waals surface area (Å²) in [5.41, 5.74) is 3.01. The largest absolute Gasteiger partial charge is 0.0714 e. The van der Waals surface area contributed by atoms with Gasteiger partial charge in [-0.2, -0.15) is 0 Å². The molecule has 0 saturated carbocycles. The Labute approximate surface area is 80.3 Å². The van der Waals surface area contributed by atoms with Crippen molar-refractivity contribution in [3.63, 3.8) is 0 Å². The van der Waals surface area contributed by atoms with Crippen LogP contribution in [0.5, 0.6) is 0 Å². The van der Waals surface area contributed by atoms with Crippen LogP contribution >= 0.6 is 0 Å². The van der Waals surface area contributed by atoms with E-state index in [1.165, 1.54) is 17.0 Å². The van der Waals surface area contributed by atoms with E-state index in [0.29, 0.717) is 0 Å². The minimum Gasteiger partial charge on any atom is -0.0714 e. The van der Waals surface area contributed by atoms with Gasteiger partial charge in [-0.25, -0.2) is 0 Å². The molecule has 0 fully saturated rings. The Bertz CT molecular complexity index is 316. The van der Waals surface area contributed by atoms with Crippen LogP contribution in [-0.4, -0.2) is 0 Å². The number of hydrogen-bond donors (Lipinski definition) is 0. The lowest BCUT2D eigenvalue weighted by Gasteiger charge is -2.19. The van der Waals surface area contributed by atoms with Gasteiger partial charge in [0.05, 0.1) is 0 Å². The molecule has 0 heterocycles. The summed E-state index contributed by atoms with van der Waals surface area (Å²) in [5, 5.41) is 0. The Morgan fingerprint density at radius 2 is 1.38 bits per heavy atom. The fraction of sp³-hybridized carbons (Fsp3) is 0.308. The second-order valence-electron chi connectivity index (χ2n) is 4.62. The van der Waals surface area contributed by atoms with E-state index in [4.69, 9.17) is 0 Å². The molecular formula is C13H15. The summed E-state index contributed by atoms with van der Waals surface area (Å²) >= 11 is 0. The molecule has 0 amide bonds. The fourth-order valence-electron chi connectivity index (χ4n) is 1.40. The second-order valence-corrected chi connectivity index (χ2v) is 4.62. The van der Waals surface area contributed by atoms with Gasteiger partial charge in [0.15, 0.2) is 0 Å². The maximum atomic E-state index is 2.24. The van der Waals surface area contributed by atoms with Crippen molar-refractivity contribution in [2.45, 2.75) is 26.2 Å². The quantitative estimate of drug-likeness (QED) is 0.607. The third-order valence-electron chi connectivity index (χ3n) is 2.42. The molecule has 1 aromatic carbocycles. The number of hydrogen-bond acceptors (Lipinski definition) is 0. The van der Waals surface area contributed by atoms with E-state index < -0.39 is 0 Å². The third-order valence-corrected chi connectivity index (χ3v) is 2.42. The summed E-state index contributed by atoms with van der Waals surface area (Å²) in [5.74, 6) is 1.38. The van der Waals surface area contributed by atoms with Crippen LogP contribution in [-0.2, 0) is 5.41 Å². The Morgan fingerprint density at radius 1 is 0.846 bits per heavy atom. The summed E-state index contributed by atoms with van der Waals surface area (Å²) in [7, 11) is 0. The van der Waals surface area contributed by atoms with E-state index >= 15 is 0 Å². The first-order chi connectivity index (χ1) is 6.07. The molecule has 0 nitrogen and oxygen atoms in total. The van der Waals surface area contributed by atoms with Crippen molar-refractivity contribution in [3.05, 3.63) is 53.5 Å². The van der Waals surface area contributed by atoms with Crippen molar-refractivity contribution in [3.8, 4) is 0 Å². The normalized spacial score (nSPS) is 16.2. The Kier molecular flexibility index (Phi) is 1.80. The van der Waals surface area contributed by atoms with Gasteiger partial charge in [0.1, 0.15) is 0 Å². The highest BCUT2D eigenvalue weighted by Gasteiger charge is 2.17. The van der Waals surface area contributed by atoms with Gasteiger partial charge in [-0.1, -0.05) is 57.2 Å². The number of allylic oxidation sites excluding steroid dienone is 2. The zero-order chi connectivity index (χ0) is 9.47. The first-order valence-corrected chi connectivity index (χ1v) is 4.73. The summed E-state index contributed by atoms with van der Waals surface area (Å²) in [4.78, 5) is 0. The summed E-state index contributed by atoms with van der Waals surface area (Å²) in [6.07, 6.45) is 4.29. The van der Waals surface area contributed by atoms with E-state index in [1.807, 2.05) is 0 Å². The standard InChI is InChI=1S/C13H15/c1-13(2,3)12-8-6-11(7-9-12)10-4-5-10/h4-9H,1-3H3. The van der Waals surface area contributed by atoms with E-state index in [1.54, 1.807) is 0 Å². The zero-order valence-corrected chi connectivity index (χ0v) is 8.46. The topological polar surface area (TPSA) is 0 Å². The smallest absolute Gasteiger partial charge is 0.0479 e. The highest BCUT2D eigenvalue weighted by molar-refractivity contribution is 5.55. The molecule has 0 saturated heterocycles. The highest BCUT2D eigenvalue weighted by Crippen LogP contribution is 2.30. The van der Waals surface area contributed by atoms with Crippen LogP contribution in [0.1, 0.15) is 31.9 Å². The fourth-order valence-corrected chi connectivity index (χ4v) is 1.40. The van der Waals surface area contributed by atoms with Gasteiger partial charge in [0, 0.05) is 5.92 Å². The lowest BCUT2D eigenvalue weighted by atomic mass is 9.86. The summed E-state index contributed by atoms with van der Waals surface area (Å²) in [6.45, 7) is 6.72. The van der Waals surface area contributed by atoms with Crippen LogP contribution in [0.2, 0.25) is 0 Å². The highest BCUT2D eigenvalue weighted by atomic mass is 14.2. The monoisotopic (exact) mass is 171 g/mol. The van der Waals surface area contributed by atoms with Gasteiger partial charge in [0.25, 0.3) is 0 Å². The molecule has 0 unspecified atom stereocenters. The molecule has 67 valence electrons. The van der Waals surface area contributed by atoms with Crippen molar-refractivity contribution in [2.24, 2.45) is 0 Å². The first-order valence-electron chi connectivity index (χ1n) is 4.73. The van der Waals surface area contributed by atoms with Gasteiger partial charge in [-0.15, -0.1) is 0 Å². The van der Waals surface area contributed by atoms with Gasteiger partial charge in [0.2, 0.25) is 0 Å². The van der Waals surface area contributed by atoms with Crippen LogP contribution in [0, 0.1) is 5.92 Å². The van der Waals surface area contributed by atoms with Crippen molar-refractivity contribution in [1.82, 2.24) is 0 Å². The van der Waals surface area contributed by atoms with Crippen molar-refractivity contribution < 1.29 is 0 Å². The maximum absolute atomic E-state index is 2.24. The predicted octanol–water partition coefficient (Wildman–Crippen LogP) is 3.48. The minimum atomic E-state index is 0.264. The van der Waals surface area contributed by atoms with Gasteiger partial charge < -0.3 is 0 Å². The molecule has 1 aliphatic rings. The molecule has 0 heteroatoms. The van der Waals surface area contributed by atoms with Crippen LogP contribution < -0.4 is 0 Å². The van der Waals surface area contributed by atoms with Crippen LogP contribution in [0.25, 0.3) is 0 Å². The van der Waals surface area contributed by atoms with E-state index in [-0.39, 0.29) is 5.41 Å². The third kappa shape index (κ3) is 1.82. The predicted molar refractivity (Wildman–Crippen MR) is 56.6 cm³/mol. The summed E-state index contributed by atoms with van der Waals surface area (Å²) in [6, 6.07) is 8.86. The average Bonchev–Trinajstić information content (AvgIpc) is 2.85. The van der Waals surface area contributed by atoms with E-state index in [9.17, 15) is 0 Å². The Hall–Kier alpha value is -1.04. The Morgan fingerprint density at radius 3 is 1.77 bits per heavy atom. The van der Waals surface area contributed by atoms with Crippen LogP contribution in [0.3, 0.4) is 0 Å². The molecule has 0 aromatic heterocycles. The van der Waals surface area contributed by atoms with Gasteiger partial charge in [-0.3, -0.25) is 0 Å². The molecule has 13 heavy (non-hydrogen) atoms. The second kappa shape index (κ2) is 2.73. The molecule has 1 aromatic rings. The minimum absolute atomic E-state index is 0.264. The maximum Gasteiger partial charge on any atom is 0.0479 e. The van der Waals surface area contributed by atoms with Crippen molar-refractivity contribution in [1.29, 1.82) is 0 Å².